The maximum atomic E-state index is 11.8. The van der Waals surface area contributed by atoms with E-state index in [0.717, 1.165) is 0 Å². The maximum absolute atomic E-state index is 11.8. The normalized spacial score (nSPS) is 13.0. The Morgan fingerprint density at radius 1 is 1.29 bits per heavy atom. The van der Waals surface area contributed by atoms with Crippen molar-refractivity contribution in [2.75, 3.05) is 5.75 Å². The fraction of sp³-hybridized carbons (Fsp3) is 0.200. The fourth-order valence-electron chi connectivity index (χ4n) is 1.10. The smallest absolute Gasteiger partial charge is 0.384 e. The first-order chi connectivity index (χ1) is 9.52. The maximum Gasteiger partial charge on any atom is 0.493 e. The Hall–Kier alpha value is -1.81. The molecule has 0 unspecified atom stereocenters. The number of carbonyl (C=O) groups excluding carboxylic acids is 1. The average Bonchev–Trinajstić information content (AvgIpc) is 2.34. The first kappa shape index (κ1) is 17.2. The third kappa shape index (κ3) is 5.23. The standard InChI is InChI=1S/C10H8ClF3N2O4S/c11-6-1-3-7(4-2-6)21(18,19)5-8(15)16-20-9(17)10(12,13)14/h1-4H,5H2,(H2,15,16). The van der Waals surface area contributed by atoms with E-state index in [4.69, 9.17) is 17.3 Å². The van der Waals surface area contributed by atoms with Gasteiger partial charge in [0, 0.05) is 5.02 Å². The minimum absolute atomic E-state index is 0.160. The van der Waals surface area contributed by atoms with Gasteiger partial charge in [0.25, 0.3) is 0 Å². The predicted octanol–water partition coefficient (Wildman–Crippen LogP) is 1.49. The number of sulfone groups is 1. The molecule has 0 aliphatic rings. The Bertz CT molecular complexity index is 656. The van der Waals surface area contributed by atoms with E-state index in [9.17, 15) is 26.4 Å². The number of oxime groups is 1. The van der Waals surface area contributed by atoms with Crippen molar-refractivity contribution in [1.82, 2.24) is 0 Å². The van der Waals surface area contributed by atoms with E-state index in [1.54, 1.807) is 0 Å². The molecule has 2 N–H and O–H groups in total. The number of amidine groups is 1. The number of nitrogens with zero attached hydrogens (tertiary/aromatic N) is 1. The van der Waals surface area contributed by atoms with E-state index in [-0.39, 0.29) is 4.90 Å². The lowest BCUT2D eigenvalue weighted by molar-refractivity contribution is -0.199. The van der Waals surface area contributed by atoms with Gasteiger partial charge in [-0.15, -0.1) is 0 Å². The number of carbonyl (C=O) groups is 1. The van der Waals surface area contributed by atoms with Crippen molar-refractivity contribution in [1.29, 1.82) is 0 Å². The van der Waals surface area contributed by atoms with Crippen LogP contribution in [0.25, 0.3) is 0 Å². The highest BCUT2D eigenvalue weighted by Crippen LogP contribution is 2.17. The topological polar surface area (TPSA) is 98.8 Å². The van der Waals surface area contributed by atoms with Gasteiger partial charge in [0.2, 0.25) is 0 Å². The van der Waals surface area contributed by atoms with Gasteiger partial charge in [0.15, 0.2) is 15.7 Å². The van der Waals surface area contributed by atoms with Crippen molar-refractivity contribution in [3.63, 3.8) is 0 Å². The second-order valence-electron chi connectivity index (χ2n) is 3.67. The predicted molar refractivity (Wildman–Crippen MR) is 67.3 cm³/mol. The van der Waals surface area contributed by atoms with Gasteiger partial charge in [-0.2, -0.15) is 13.2 Å². The van der Waals surface area contributed by atoms with Gasteiger partial charge in [-0.1, -0.05) is 16.8 Å². The quantitative estimate of drug-likeness (QED) is 0.386. The Labute approximate surface area is 122 Å². The number of hydrogen-bond donors (Lipinski definition) is 1. The van der Waals surface area contributed by atoms with E-state index >= 15 is 0 Å². The van der Waals surface area contributed by atoms with Gasteiger partial charge >= 0.3 is 12.1 Å². The van der Waals surface area contributed by atoms with Gasteiger partial charge in [-0.05, 0) is 24.3 Å². The van der Waals surface area contributed by atoms with Gasteiger partial charge < -0.3 is 10.6 Å². The summed E-state index contributed by atoms with van der Waals surface area (Å²) in [4.78, 5) is 13.7. The lowest BCUT2D eigenvalue weighted by atomic mass is 10.4. The minimum Gasteiger partial charge on any atom is -0.384 e. The summed E-state index contributed by atoms with van der Waals surface area (Å²) in [6, 6.07) is 5.00. The molecule has 21 heavy (non-hydrogen) atoms. The molecule has 0 aliphatic heterocycles. The zero-order valence-corrected chi connectivity index (χ0v) is 11.7. The second kappa shape index (κ2) is 6.31. The first-order valence-corrected chi connectivity index (χ1v) is 7.14. The van der Waals surface area contributed by atoms with Crippen LogP contribution in [-0.2, 0) is 19.5 Å². The highest BCUT2D eigenvalue weighted by Gasteiger charge is 2.41. The Morgan fingerprint density at radius 3 is 2.29 bits per heavy atom. The molecule has 0 aliphatic carbocycles. The molecule has 0 heterocycles. The van der Waals surface area contributed by atoms with Crippen LogP contribution >= 0.6 is 11.6 Å². The van der Waals surface area contributed by atoms with Crippen molar-refractivity contribution in [3.05, 3.63) is 29.3 Å². The third-order valence-corrected chi connectivity index (χ3v) is 3.91. The summed E-state index contributed by atoms with van der Waals surface area (Å²) in [5, 5.41) is 2.94. The molecule has 0 bridgehead atoms. The first-order valence-electron chi connectivity index (χ1n) is 5.11. The van der Waals surface area contributed by atoms with Crippen LogP contribution < -0.4 is 5.73 Å². The molecular formula is C10H8ClF3N2O4S. The number of halogens is 4. The van der Waals surface area contributed by atoms with Crippen LogP contribution in [0.3, 0.4) is 0 Å². The highest BCUT2D eigenvalue weighted by atomic mass is 35.5. The summed E-state index contributed by atoms with van der Waals surface area (Å²) in [7, 11) is -3.95. The van der Waals surface area contributed by atoms with Crippen LogP contribution in [0.5, 0.6) is 0 Å². The Morgan fingerprint density at radius 2 is 1.81 bits per heavy atom. The van der Waals surface area contributed by atoms with E-state index in [1.807, 2.05) is 0 Å². The molecule has 0 amide bonds. The Balaban J connectivity index is 2.80. The van der Waals surface area contributed by atoms with Gasteiger partial charge in [-0.3, -0.25) is 0 Å². The van der Waals surface area contributed by atoms with Crippen molar-refractivity contribution in [2.45, 2.75) is 11.1 Å². The molecule has 1 aromatic carbocycles. The zero-order chi connectivity index (χ0) is 16.3. The molecule has 6 nitrogen and oxygen atoms in total. The molecular weight excluding hydrogens is 337 g/mol. The Kier molecular flexibility index (Phi) is 5.18. The second-order valence-corrected chi connectivity index (χ2v) is 6.10. The van der Waals surface area contributed by atoms with Crippen molar-refractivity contribution < 1.29 is 31.2 Å². The molecule has 0 spiro atoms. The number of rotatable bonds is 4. The number of benzene rings is 1. The number of alkyl halides is 3. The lowest BCUT2D eigenvalue weighted by Crippen LogP contribution is -2.28. The SMILES string of the molecule is N/C(CS(=O)(=O)c1ccc(Cl)cc1)=N/OC(=O)C(F)(F)F. The molecule has 0 saturated heterocycles. The average molecular weight is 345 g/mol. The highest BCUT2D eigenvalue weighted by molar-refractivity contribution is 7.92. The van der Waals surface area contributed by atoms with Gasteiger partial charge in [0.1, 0.15) is 5.75 Å². The van der Waals surface area contributed by atoms with Crippen molar-refractivity contribution >= 4 is 33.2 Å². The summed E-state index contributed by atoms with van der Waals surface area (Å²) in [5.74, 6) is -4.32. The van der Waals surface area contributed by atoms with E-state index < -0.39 is 33.6 Å². The fourth-order valence-corrected chi connectivity index (χ4v) is 2.38. The van der Waals surface area contributed by atoms with Gasteiger partial charge in [-0.25, -0.2) is 13.2 Å². The summed E-state index contributed by atoms with van der Waals surface area (Å²) in [6.45, 7) is 0. The lowest BCUT2D eigenvalue weighted by Gasteiger charge is -2.05. The number of nitrogens with two attached hydrogens (primary N) is 1. The van der Waals surface area contributed by atoms with Crippen LogP contribution in [0.2, 0.25) is 5.02 Å². The van der Waals surface area contributed by atoms with Gasteiger partial charge in [0.05, 0.1) is 4.90 Å². The molecule has 0 radical (unpaired) electrons. The van der Waals surface area contributed by atoms with Crippen LogP contribution in [-0.4, -0.2) is 32.2 Å². The van der Waals surface area contributed by atoms with Crippen LogP contribution in [0.4, 0.5) is 13.2 Å². The van der Waals surface area contributed by atoms with E-state index in [1.165, 1.54) is 24.3 Å². The van der Waals surface area contributed by atoms with Crippen molar-refractivity contribution in [3.8, 4) is 0 Å². The van der Waals surface area contributed by atoms with Crippen molar-refractivity contribution in [2.24, 2.45) is 10.9 Å². The largest absolute Gasteiger partial charge is 0.493 e. The summed E-state index contributed by atoms with van der Waals surface area (Å²) >= 11 is 5.59. The monoisotopic (exact) mass is 344 g/mol. The van der Waals surface area contributed by atoms with E-state index in [2.05, 4.69) is 9.99 Å². The zero-order valence-electron chi connectivity index (χ0n) is 10.1. The molecule has 0 aromatic heterocycles. The summed E-state index contributed by atoms with van der Waals surface area (Å²) < 4.78 is 59.1. The van der Waals surface area contributed by atoms with E-state index in [0.29, 0.717) is 5.02 Å². The molecule has 116 valence electrons. The van der Waals surface area contributed by atoms with Crippen LogP contribution in [0.15, 0.2) is 34.3 Å². The molecule has 0 saturated carbocycles. The third-order valence-electron chi connectivity index (χ3n) is 1.99. The molecule has 0 atom stereocenters. The number of hydrogen-bond acceptors (Lipinski definition) is 5. The van der Waals surface area contributed by atoms with Crippen LogP contribution in [0.1, 0.15) is 0 Å². The summed E-state index contributed by atoms with van der Waals surface area (Å²) in [5.41, 5.74) is 5.12. The summed E-state index contributed by atoms with van der Waals surface area (Å²) in [6.07, 6.45) is -5.25. The molecule has 0 fully saturated rings. The molecule has 1 aromatic rings. The van der Waals surface area contributed by atoms with Crippen LogP contribution in [0, 0.1) is 0 Å². The molecule has 1 rings (SSSR count). The molecule has 11 heteroatoms. The minimum atomic E-state index is -5.25.